The highest BCUT2D eigenvalue weighted by Crippen LogP contribution is 2.39. The molecule has 0 fully saturated rings. The van der Waals surface area contributed by atoms with Gasteiger partial charge in [-0.05, 0) is 68.7 Å². The van der Waals surface area contributed by atoms with E-state index in [4.69, 9.17) is 4.74 Å². The standard InChI is InChI=1S/C24H27FO4/c1-6-18-10-11-20(25)14-21(18)24(5,29-15(2)3)16(4)22(26)13-17-8-7-9-19(12-17)23(27)28/h6-12,14-15,26H,1,13H2,2-5H3,(H,27,28). The van der Waals surface area contributed by atoms with E-state index in [9.17, 15) is 19.4 Å². The molecule has 2 N–H and O–H groups in total. The molecule has 0 aromatic heterocycles. The Hall–Kier alpha value is -2.92. The van der Waals surface area contributed by atoms with Gasteiger partial charge in [0, 0.05) is 12.0 Å². The maximum Gasteiger partial charge on any atom is 0.335 e. The molecule has 29 heavy (non-hydrogen) atoms. The molecule has 2 aromatic rings. The summed E-state index contributed by atoms with van der Waals surface area (Å²) < 4.78 is 20.2. The van der Waals surface area contributed by atoms with Crippen LogP contribution in [-0.2, 0) is 16.8 Å². The quantitative estimate of drug-likeness (QED) is 0.545. The maximum atomic E-state index is 14.1. The molecule has 2 rings (SSSR count). The molecular formula is C24H27FO4. The second kappa shape index (κ2) is 9.05. The molecule has 5 heteroatoms. The van der Waals surface area contributed by atoms with Crippen LogP contribution < -0.4 is 0 Å². The molecular weight excluding hydrogens is 371 g/mol. The minimum atomic E-state index is -1.10. The molecule has 0 bridgehead atoms. The van der Waals surface area contributed by atoms with E-state index in [0.717, 1.165) is 0 Å². The Labute approximate surface area is 171 Å². The van der Waals surface area contributed by atoms with Gasteiger partial charge in [-0.25, -0.2) is 9.18 Å². The fraction of sp³-hybridized carbons (Fsp3) is 0.292. The topological polar surface area (TPSA) is 66.8 Å². The van der Waals surface area contributed by atoms with Crippen LogP contribution in [0, 0.1) is 5.82 Å². The van der Waals surface area contributed by atoms with Gasteiger partial charge in [0.25, 0.3) is 0 Å². The van der Waals surface area contributed by atoms with Crippen molar-refractivity contribution in [2.45, 2.75) is 45.8 Å². The highest BCUT2D eigenvalue weighted by molar-refractivity contribution is 5.87. The van der Waals surface area contributed by atoms with Gasteiger partial charge in [0.15, 0.2) is 0 Å². The van der Waals surface area contributed by atoms with Crippen LogP contribution in [0.2, 0.25) is 0 Å². The second-order valence-corrected chi connectivity index (χ2v) is 7.39. The first-order valence-electron chi connectivity index (χ1n) is 9.40. The SMILES string of the molecule is C=Cc1ccc(F)cc1C(C)(OC(C)C)C(C)=C(O)Cc1cccc(C(=O)O)c1. The van der Waals surface area contributed by atoms with Gasteiger partial charge in [0.1, 0.15) is 11.4 Å². The van der Waals surface area contributed by atoms with Crippen molar-refractivity contribution in [2.75, 3.05) is 0 Å². The second-order valence-electron chi connectivity index (χ2n) is 7.39. The average Bonchev–Trinajstić information content (AvgIpc) is 2.66. The Bertz CT molecular complexity index is 946. The first-order valence-corrected chi connectivity index (χ1v) is 9.40. The third-order valence-electron chi connectivity index (χ3n) is 4.91. The fourth-order valence-electron chi connectivity index (χ4n) is 3.36. The number of aromatic carboxylic acids is 1. The summed E-state index contributed by atoms with van der Waals surface area (Å²) in [5.74, 6) is -1.41. The lowest BCUT2D eigenvalue weighted by atomic mass is 9.83. The number of aliphatic hydroxyl groups excluding tert-OH is 1. The normalized spacial score (nSPS) is 14.3. The van der Waals surface area contributed by atoms with Gasteiger partial charge in [0.2, 0.25) is 0 Å². The molecule has 0 saturated heterocycles. The van der Waals surface area contributed by atoms with Crippen molar-refractivity contribution >= 4 is 12.0 Å². The summed E-state index contributed by atoms with van der Waals surface area (Å²) in [6.45, 7) is 11.1. The predicted molar refractivity (Wildman–Crippen MR) is 112 cm³/mol. The van der Waals surface area contributed by atoms with Gasteiger partial charge in [-0.1, -0.05) is 30.9 Å². The monoisotopic (exact) mass is 398 g/mol. The molecule has 1 unspecified atom stereocenters. The lowest BCUT2D eigenvalue weighted by molar-refractivity contribution is -0.0497. The third kappa shape index (κ3) is 5.12. The van der Waals surface area contributed by atoms with Gasteiger partial charge in [-0.15, -0.1) is 0 Å². The van der Waals surface area contributed by atoms with Gasteiger partial charge in [0.05, 0.1) is 17.4 Å². The number of ether oxygens (including phenoxy) is 1. The molecule has 154 valence electrons. The van der Waals surface area contributed by atoms with Crippen LogP contribution >= 0.6 is 0 Å². The van der Waals surface area contributed by atoms with Gasteiger partial charge >= 0.3 is 5.97 Å². The summed E-state index contributed by atoms with van der Waals surface area (Å²) >= 11 is 0. The Morgan fingerprint density at radius 3 is 2.52 bits per heavy atom. The molecule has 2 aromatic carbocycles. The van der Waals surface area contributed by atoms with Crippen molar-refractivity contribution in [1.82, 2.24) is 0 Å². The molecule has 1 atom stereocenters. The van der Waals surface area contributed by atoms with Crippen molar-refractivity contribution in [1.29, 1.82) is 0 Å². The largest absolute Gasteiger partial charge is 0.512 e. The van der Waals surface area contributed by atoms with Gasteiger partial charge < -0.3 is 14.9 Å². The number of allylic oxidation sites excluding steroid dienone is 1. The first-order chi connectivity index (χ1) is 13.6. The molecule has 0 spiro atoms. The average molecular weight is 398 g/mol. The Balaban J connectivity index is 2.56. The molecule has 0 radical (unpaired) electrons. The van der Waals surface area contributed by atoms with E-state index >= 15 is 0 Å². The van der Waals surface area contributed by atoms with E-state index in [1.807, 2.05) is 13.8 Å². The summed E-state index contributed by atoms with van der Waals surface area (Å²) in [5, 5.41) is 20.0. The number of hydrogen-bond acceptors (Lipinski definition) is 3. The van der Waals surface area contributed by atoms with Crippen LogP contribution in [0.1, 0.15) is 54.7 Å². The van der Waals surface area contributed by atoms with Crippen molar-refractivity contribution in [3.05, 3.63) is 88.4 Å². The zero-order valence-electron chi connectivity index (χ0n) is 17.2. The van der Waals surface area contributed by atoms with E-state index in [0.29, 0.717) is 22.3 Å². The zero-order chi connectivity index (χ0) is 21.8. The smallest absolute Gasteiger partial charge is 0.335 e. The summed E-state index contributed by atoms with van der Waals surface area (Å²) in [7, 11) is 0. The molecule has 0 aliphatic carbocycles. The third-order valence-corrected chi connectivity index (χ3v) is 4.91. The summed E-state index contributed by atoms with van der Waals surface area (Å²) in [6, 6.07) is 10.8. The predicted octanol–water partition coefficient (Wildman–Crippen LogP) is 5.88. The lowest BCUT2D eigenvalue weighted by Gasteiger charge is -2.35. The summed E-state index contributed by atoms with van der Waals surface area (Å²) in [6.07, 6.45) is 1.55. The fourth-order valence-corrected chi connectivity index (χ4v) is 3.36. The number of carbonyl (C=O) groups is 1. The Morgan fingerprint density at radius 1 is 1.24 bits per heavy atom. The molecule has 0 amide bonds. The van der Waals surface area contributed by atoms with E-state index in [1.54, 1.807) is 38.1 Å². The lowest BCUT2D eigenvalue weighted by Crippen LogP contribution is -2.32. The number of halogens is 1. The molecule has 0 heterocycles. The van der Waals surface area contributed by atoms with Gasteiger partial charge in [-0.2, -0.15) is 0 Å². The zero-order valence-corrected chi connectivity index (χ0v) is 17.2. The molecule has 4 nitrogen and oxygen atoms in total. The number of hydrogen-bond donors (Lipinski definition) is 2. The van der Waals surface area contributed by atoms with E-state index in [1.165, 1.54) is 24.3 Å². The highest BCUT2D eigenvalue weighted by Gasteiger charge is 2.35. The minimum Gasteiger partial charge on any atom is -0.512 e. The van der Waals surface area contributed by atoms with Crippen LogP contribution in [0.4, 0.5) is 4.39 Å². The minimum absolute atomic E-state index is 0.0370. The summed E-state index contributed by atoms with van der Waals surface area (Å²) in [5.41, 5.74) is 1.47. The number of aliphatic hydroxyl groups is 1. The van der Waals surface area contributed by atoms with Crippen molar-refractivity contribution < 1.29 is 24.1 Å². The van der Waals surface area contributed by atoms with Gasteiger partial charge in [-0.3, -0.25) is 0 Å². The number of carboxylic acids is 1. The Morgan fingerprint density at radius 2 is 1.93 bits per heavy atom. The first kappa shape index (κ1) is 22.4. The van der Waals surface area contributed by atoms with Crippen molar-refractivity contribution in [3.63, 3.8) is 0 Å². The van der Waals surface area contributed by atoms with E-state index < -0.39 is 17.4 Å². The molecule has 0 aliphatic heterocycles. The van der Waals surface area contributed by atoms with E-state index in [2.05, 4.69) is 6.58 Å². The van der Waals surface area contributed by atoms with Crippen LogP contribution in [0.5, 0.6) is 0 Å². The highest BCUT2D eigenvalue weighted by atomic mass is 19.1. The molecule has 0 aliphatic rings. The van der Waals surface area contributed by atoms with Crippen LogP contribution in [0.25, 0.3) is 6.08 Å². The van der Waals surface area contributed by atoms with Crippen LogP contribution in [0.15, 0.2) is 60.4 Å². The Kier molecular flexibility index (Phi) is 6.98. The van der Waals surface area contributed by atoms with Crippen LogP contribution in [-0.4, -0.2) is 22.3 Å². The van der Waals surface area contributed by atoms with Crippen molar-refractivity contribution in [2.24, 2.45) is 0 Å². The summed E-state index contributed by atoms with van der Waals surface area (Å²) in [4.78, 5) is 11.2. The van der Waals surface area contributed by atoms with Crippen molar-refractivity contribution in [3.8, 4) is 0 Å². The molecule has 0 saturated carbocycles. The van der Waals surface area contributed by atoms with E-state index in [-0.39, 0.29) is 23.8 Å². The number of benzene rings is 2. The number of rotatable bonds is 8. The number of carboxylic acid groups (broad SMARTS) is 1. The maximum absolute atomic E-state index is 14.1. The van der Waals surface area contributed by atoms with Crippen LogP contribution in [0.3, 0.4) is 0 Å².